The lowest BCUT2D eigenvalue weighted by molar-refractivity contribution is -0.0876. The van der Waals surface area contributed by atoms with E-state index in [0.717, 1.165) is 25.8 Å². The maximum absolute atomic E-state index is 5.50. The van der Waals surface area contributed by atoms with Crippen molar-refractivity contribution in [1.29, 1.82) is 0 Å². The first-order valence-corrected chi connectivity index (χ1v) is 7.48. The maximum atomic E-state index is 5.50. The van der Waals surface area contributed by atoms with Crippen molar-refractivity contribution in [3.05, 3.63) is 0 Å². The van der Waals surface area contributed by atoms with Gasteiger partial charge in [-0.3, -0.25) is 0 Å². The third kappa shape index (κ3) is 10.3. The topological polar surface area (TPSA) is 30.9 Å². The van der Waals surface area contributed by atoms with E-state index in [1.54, 1.807) is 14.2 Å². The standard InChI is InChI=1S/C10H25NO3Si/c1-11(2)5-6-14-7-8-15-9-10(12-3)13-4/h10H,5-9,15H2,1-4H3. The molecular weight excluding hydrogens is 210 g/mol. The van der Waals surface area contributed by atoms with Gasteiger partial charge in [-0.1, -0.05) is 0 Å². The van der Waals surface area contributed by atoms with Crippen LogP contribution in [0, 0.1) is 0 Å². The lowest BCUT2D eigenvalue weighted by Crippen LogP contribution is -2.19. The summed E-state index contributed by atoms with van der Waals surface area (Å²) in [5, 5.41) is 0. The van der Waals surface area contributed by atoms with Crippen molar-refractivity contribution in [1.82, 2.24) is 4.90 Å². The van der Waals surface area contributed by atoms with Crippen molar-refractivity contribution in [3.8, 4) is 0 Å². The van der Waals surface area contributed by atoms with E-state index in [9.17, 15) is 0 Å². The minimum absolute atomic E-state index is 0.00144. The van der Waals surface area contributed by atoms with Crippen LogP contribution in [0.1, 0.15) is 0 Å². The van der Waals surface area contributed by atoms with Crippen LogP contribution in [0.4, 0.5) is 0 Å². The molecule has 0 spiro atoms. The third-order valence-corrected chi connectivity index (χ3v) is 3.86. The van der Waals surface area contributed by atoms with Crippen LogP contribution >= 0.6 is 0 Å². The number of rotatable bonds is 10. The molecule has 0 aliphatic carbocycles. The van der Waals surface area contributed by atoms with E-state index in [4.69, 9.17) is 14.2 Å². The second-order valence-electron chi connectivity index (χ2n) is 3.81. The minimum atomic E-state index is -0.0941. The van der Waals surface area contributed by atoms with E-state index in [0.29, 0.717) is 0 Å². The average Bonchev–Trinajstić information content (AvgIpc) is 2.22. The van der Waals surface area contributed by atoms with Gasteiger partial charge in [0.15, 0.2) is 6.29 Å². The van der Waals surface area contributed by atoms with E-state index in [1.807, 2.05) is 0 Å². The predicted octanol–water partition coefficient (Wildman–Crippen LogP) is 0.189. The van der Waals surface area contributed by atoms with Crippen molar-refractivity contribution in [2.24, 2.45) is 0 Å². The number of likely N-dealkylation sites (N-methyl/N-ethyl adjacent to an activating group) is 1. The lowest BCUT2D eigenvalue weighted by atomic mass is 10.6. The molecular formula is C10H25NO3Si. The summed E-state index contributed by atoms with van der Waals surface area (Å²) in [5.74, 6) is 0. The molecule has 0 aliphatic rings. The highest BCUT2D eigenvalue weighted by atomic mass is 28.2. The highest BCUT2D eigenvalue weighted by molar-refractivity contribution is 6.35. The zero-order valence-electron chi connectivity index (χ0n) is 10.5. The number of nitrogens with zero attached hydrogens (tertiary/aromatic N) is 1. The first-order chi connectivity index (χ1) is 7.20. The Labute approximate surface area is 95.7 Å². The molecule has 0 unspecified atom stereocenters. The summed E-state index contributed by atoms with van der Waals surface area (Å²) in [4.78, 5) is 2.13. The van der Waals surface area contributed by atoms with Gasteiger partial charge < -0.3 is 19.1 Å². The molecule has 0 bridgehead atoms. The highest BCUT2D eigenvalue weighted by Crippen LogP contribution is 1.99. The first kappa shape index (κ1) is 15.1. The molecule has 0 aromatic heterocycles. The Morgan fingerprint density at radius 1 is 1.13 bits per heavy atom. The molecule has 4 nitrogen and oxygen atoms in total. The highest BCUT2D eigenvalue weighted by Gasteiger charge is 2.03. The van der Waals surface area contributed by atoms with Gasteiger partial charge in [0.25, 0.3) is 0 Å². The fourth-order valence-electron chi connectivity index (χ4n) is 1.20. The molecule has 0 amide bonds. The van der Waals surface area contributed by atoms with Gasteiger partial charge >= 0.3 is 0 Å². The molecule has 0 atom stereocenters. The van der Waals surface area contributed by atoms with E-state index in [-0.39, 0.29) is 15.8 Å². The molecule has 92 valence electrons. The van der Waals surface area contributed by atoms with Crippen LogP contribution in [-0.4, -0.2) is 68.8 Å². The van der Waals surface area contributed by atoms with Crippen LogP contribution in [0.25, 0.3) is 0 Å². The molecule has 0 aromatic rings. The van der Waals surface area contributed by atoms with Crippen molar-refractivity contribution in [3.63, 3.8) is 0 Å². The van der Waals surface area contributed by atoms with Gasteiger partial charge in [-0.2, -0.15) is 0 Å². The predicted molar refractivity (Wildman–Crippen MR) is 65.3 cm³/mol. The van der Waals surface area contributed by atoms with Crippen molar-refractivity contribution in [2.75, 3.05) is 48.1 Å². The summed E-state index contributed by atoms with van der Waals surface area (Å²) in [6.07, 6.45) is -0.00144. The van der Waals surface area contributed by atoms with Gasteiger partial charge in [-0.05, 0) is 26.2 Å². The number of ether oxygens (including phenoxy) is 3. The Morgan fingerprint density at radius 3 is 2.33 bits per heavy atom. The van der Waals surface area contributed by atoms with Gasteiger partial charge in [-0.25, -0.2) is 0 Å². The Balaban J connectivity index is 3.10. The van der Waals surface area contributed by atoms with E-state index in [1.165, 1.54) is 6.04 Å². The molecule has 5 heteroatoms. The van der Waals surface area contributed by atoms with Crippen LogP contribution in [-0.2, 0) is 14.2 Å². The molecule has 0 saturated heterocycles. The lowest BCUT2D eigenvalue weighted by Gasteiger charge is -2.12. The van der Waals surface area contributed by atoms with Crippen molar-refractivity contribution < 1.29 is 14.2 Å². The van der Waals surface area contributed by atoms with E-state index < -0.39 is 0 Å². The summed E-state index contributed by atoms with van der Waals surface area (Å²) in [5.41, 5.74) is 0. The first-order valence-electron chi connectivity index (χ1n) is 5.48. The van der Waals surface area contributed by atoms with Gasteiger partial charge in [0.05, 0.1) is 6.61 Å². The van der Waals surface area contributed by atoms with Crippen LogP contribution in [0.5, 0.6) is 0 Å². The SMILES string of the molecule is COC(C[SiH2]CCOCCN(C)C)OC. The average molecular weight is 235 g/mol. The van der Waals surface area contributed by atoms with Crippen LogP contribution < -0.4 is 0 Å². The molecule has 0 heterocycles. The second-order valence-corrected chi connectivity index (χ2v) is 5.80. The van der Waals surface area contributed by atoms with Gasteiger partial charge in [0.2, 0.25) is 0 Å². The van der Waals surface area contributed by atoms with Gasteiger partial charge in [0.1, 0.15) is 0 Å². The third-order valence-electron chi connectivity index (χ3n) is 2.19. The van der Waals surface area contributed by atoms with E-state index in [2.05, 4.69) is 19.0 Å². The Hall–Kier alpha value is 0.0569. The summed E-state index contributed by atoms with van der Waals surface area (Å²) in [6, 6.07) is 2.28. The maximum Gasteiger partial charge on any atom is 0.153 e. The molecule has 15 heavy (non-hydrogen) atoms. The summed E-state index contributed by atoms with van der Waals surface area (Å²) >= 11 is 0. The second kappa shape index (κ2) is 10.6. The van der Waals surface area contributed by atoms with E-state index >= 15 is 0 Å². The quantitative estimate of drug-likeness (QED) is 0.307. The normalized spacial score (nSPS) is 12.4. The monoisotopic (exact) mass is 235 g/mol. The molecule has 0 saturated carbocycles. The summed E-state index contributed by atoms with van der Waals surface area (Å²) in [6.45, 7) is 2.72. The molecule has 0 aliphatic heterocycles. The molecule has 0 radical (unpaired) electrons. The largest absolute Gasteiger partial charge is 0.380 e. The Morgan fingerprint density at radius 2 is 1.80 bits per heavy atom. The molecule has 0 N–H and O–H groups in total. The van der Waals surface area contributed by atoms with Crippen LogP contribution in [0.15, 0.2) is 0 Å². The van der Waals surface area contributed by atoms with Crippen LogP contribution in [0.2, 0.25) is 12.1 Å². The fourth-order valence-corrected chi connectivity index (χ4v) is 2.70. The number of hydrogen-bond donors (Lipinski definition) is 0. The Bertz CT molecular complexity index is 132. The zero-order chi connectivity index (χ0) is 11.5. The molecule has 0 rings (SSSR count). The van der Waals surface area contributed by atoms with Gasteiger partial charge in [0, 0.05) is 36.9 Å². The summed E-state index contributed by atoms with van der Waals surface area (Å²) < 4.78 is 15.8. The van der Waals surface area contributed by atoms with Gasteiger partial charge in [-0.15, -0.1) is 0 Å². The smallest absolute Gasteiger partial charge is 0.153 e. The van der Waals surface area contributed by atoms with Crippen LogP contribution in [0.3, 0.4) is 0 Å². The Kier molecular flexibility index (Phi) is 10.6. The number of methoxy groups -OCH3 is 2. The molecule has 0 fully saturated rings. The van der Waals surface area contributed by atoms with Crippen molar-refractivity contribution >= 4 is 9.52 Å². The zero-order valence-corrected chi connectivity index (χ0v) is 11.9. The van der Waals surface area contributed by atoms with Crippen molar-refractivity contribution in [2.45, 2.75) is 18.4 Å². The minimum Gasteiger partial charge on any atom is -0.380 e. The fraction of sp³-hybridized carbons (Fsp3) is 1.00. The molecule has 0 aromatic carbocycles. The number of hydrogen-bond acceptors (Lipinski definition) is 4. The summed E-state index contributed by atoms with van der Waals surface area (Å²) in [7, 11) is 7.40.